The standard InChI is InChI=1S/C18H20F3N3O2/c1-2-14(12-6-4-3-5-7-12)16(25)24-10-8-13(9-11-24)15-22-23-17(26-15)18(19,20)21/h3-7,13-14H,2,8-11H2,1H3. The largest absolute Gasteiger partial charge is 0.470 e. The molecule has 2 aromatic rings. The summed E-state index contributed by atoms with van der Waals surface area (Å²) in [5, 5.41) is 6.61. The summed E-state index contributed by atoms with van der Waals surface area (Å²) in [6.07, 6.45) is -2.92. The molecule has 0 bridgehead atoms. The molecule has 1 fully saturated rings. The molecule has 0 radical (unpaired) electrons. The quantitative estimate of drug-likeness (QED) is 0.820. The Balaban J connectivity index is 1.63. The Morgan fingerprint density at radius 3 is 2.42 bits per heavy atom. The average molecular weight is 367 g/mol. The first-order valence-corrected chi connectivity index (χ1v) is 8.64. The van der Waals surface area contributed by atoms with Gasteiger partial charge in [-0.15, -0.1) is 10.2 Å². The molecule has 140 valence electrons. The van der Waals surface area contributed by atoms with Gasteiger partial charge in [-0.2, -0.15) is 13.2 Å². The highest BCUT2D eigenvalue weighted by atomic mass is 19.4. The van der Waals surface area contributed by atoms with Crippen molar-refractivity contribution in [2.24, 2.45) is 0 Å². The van der Waals surface area contributed by atoms with Crippen LogP contribution >= 0.6 is 0 Å². The average Bonchev–Trinajstić information content (AvgIpc) is 3.14. The van der Waals surface area contributed by atoms with E-state index in [1.165, 1.54) is 0 Å². The van der Waals surface area contributed by atoms with Gasteiger partial charge in [0.1, 0.15) is 0 Å². The number of amides is 1. The number of aromatic nitrogens is 2. The molecule has 1 aliphatic rings. The van der Waals surface area contributed by atoms with Crippen molar-refractivity contribution < 1.29 is 22.4 Å². The van der Waals surface area contributed by atoms with Crippen molar-refractivity contribution in [3.8, 4) is 0 Å². The molecule has 0 spiro atoms. The van der Waals surface area contributed by atoms with Gasteiger partial charge in [0.15, 0.2) is 0 Å². The maximum absolute atomic E-state index is 12.8. The molecule has 8 heteroatoms. The lowest BCUT2D eigenvalue weighted by atomic mass is 9.92. The SMILES string of the molecule is CCC(C(=O)N1CCC(c2nnc(C(F)(F)F)o2)CC1)c1ccccc1. The second-order valence-electron chi connectivity index (χ2n) is 6.41. The Labute approximate surface area is 149 Å². The predicted octanol–water partition coefficient (Wildman–Crippen LogP) is 3.99. The van der Waals surface area contributed by atoms with Crippen LogP contribution in [0.1, 0.15) is 55.4 Å². The van der Waals surface area contributed by atoms with Gasteiger partial charge in [-0.25, -0.2) is 0 Å². The number of carbonyl (C=O) groups excluding carboxylic acids is 1. The lowest BCUT2D eigenvalue weighted by molar-refractivity contribution is -0.157. The van der Waals surface area contributed by atoms with Crippen LogP contribution in [-0.2, 0) is 11.0 Å². The van der Waals surface area contributed by atoms with Gasteiger partial charge in [-0.05, 0) is 24.8 Å². The molecule has 1 aromatic heterocycles. The molecule has 1 saturated heterocycles. The number of hydrogen-bond acceptors (Lipinski definition) is 4. The van der Waals surface area contributed by atoms with Crippen molar-refractivity contribution >= 4 is 5.91 Å². The third-order valence-corrected chi connectivity index (χ3v) is 4.75. The zero-order valence-electron chi connectivity index (χ0n) is 14.4. The van der Waals surface area contributed by atoms with Crippen LogP contribution in [0.25, 0.3) is 0 Å². The van der Waals surface area contributed by atoms with Gasteiger partial charge >= 0.3 is 12.1 Å². The van der Waals surface area contributed by atoms with E-state index in [0.29, 0.717) is 32.4 Å². The second-order valence-corrected chi connectivity index (χ2v) is 6.41. The second kappa shape index (κ2) is 7.47. The Bertz CT molecular complexity index is 738. The number of alkyl halides is 3. The van der Waals surface area contributed by atoms with E-state index in [9.17, 15) is 18.0 Å². The van der Waals surface area contributed by atoms with Crippen molar-refractivity contribution in [2.45, 2.75) is 44.2 Å². The topological polar surface area (TPSA) is 59.2 Å². The summed E-state index contributed by atoms with van der Waals surface area (Å²) in [6, 6.07) is 9.61. The predicted molar refractivity (Wildman–Crippen MR) is 87.3 cm³/mol. The van der Waals surface area contributed by atoms with E-state index in [4.69, 9.17) is 4.42 Å². The molecule has 1 atom stereocenters. The molecule has 5 nitrogen and oxygen atoms in total. The number of rotatable bonds is 4. The minimum Gasteiger partial charge on any atom is -0.417 e. The highest BCUT2D eigenvalue weighted by molar-refractivity contribution is 5.83. The third kappa shape index (κ3) is 3.89. The van der Waals surface area contributed by atoms with Gasteiger partial charge < -0.3 is 9.32 Å². The highest BCUT2D eigenvalue weighted by Crippen LogP contribution is 2.33. The molecular formula is C18H20F3N3O2. The number of hydrogen-bond donors (Lipinski definition) is 0. The molecule has 0 N–H and O–H groups in total. The Morgan fingerprint density at radius 2 is 1.88 bits per heavy atom. The van der Waals surface area contributed by atoms with E-state index in [1.807, 2.05) is 37.3 Å². The summed E-state index contributed by atoms with van der Waals surface area (Å²) in [4.78, 5) is 14.6. The summed E-state index contributed by atoms with van der Waals surface area (Å²) >= 11 is 0. The van der Waals surface area contributed by atoms with Crippen molar-refractivity contribution in [3.63, 3.8) is 0 Å². The molecule has 1 aromatic carbocycles. The minimum absolute atomic E-state index is 0.000440. The van der Waals surface area contributed by atoms with Crippen LogP contribution in [0.4, 0.5) is 13.2 Å². The number of benzene rings is 1. The van der Waals surface area contributed by atoms with Crippen molar-refractivity contribution in [2.75, 3.05) is 13.1 Å². The van der Waals surface area contributed by atoms with E-state index in [1.54, 1.807) is 4.90 Å². The van der Waals surface area contributed by atoms with Crippen LogP contribution in [0.3, 0.4) is 0 Å². The molecule has 0 saturated carbocycles. The molecule has 1 unspecified atom stereocenters. The zero-order valence-corrected chi connectivity index (χ0v) is 14.4. The van der Waals surface area contributed by atoms with E-state index in [2.05, 4.69) is 10.2 Å². The first kappa shape index (κ1) is 18.4. The summed E-state index contributed by atoms with van der Waals surface area (Å²) in [7, 11) is 0. The van der Waals surface area contributed by atoms with Gasteiger partial charge in [-0.3, -0.25) is 4.79 Å². The maximum Gasteiger partial charge on any atom is 0.470 e. The number of halogens is 3. The summed E-state index contributed by atoms with van der Waals surface area (Å²) in [5.41, 5.74) is 0.980. The normalized spacial score (nSPS) is 17.3. The van der Waals surface area contributed by atoms with Crippen LogP contribution in [-0.4, -0.2) is 34.1 Å². The summed E-state index contributed by atoms with van der Waals surface area (Å²) < 4.78 is 42.5. The molecular weight excluding hydrogens is 347 g/mol. The Kier molecular flexibility index (Phi) is 5.29. The van der Waals surface area contributed by atoms with Gasteiger partial charge in [0.25, 0.3) is 0 Å². The van der Waals surface area contributed by atoms with E-state index < -0.39 is 12.1 Å². The Morgan fingerprint density at radius 1 is 1.23 bits per heavy atom. The monoisotopic (exact) mass is 367 g/mol. The van der Waals surface area contributed by atoms with Crippen LogP contribution in [0, 0.1) is 0 Å². The zero-order chi connectivity index (χ0) is 18.7. The molecule has 1 amide bonds. The molecule has 26 heavy (non-hydrogen) atoms. The lowest BCUT2D eigenvalue weighted by Crippen LogP contribution is -2.40. The molecule has 1 aliphatic heterocycles. The van der Waals surface area contributed by atoms with E-state index in [0.717, 1.165) is 5.56 Å². The minimum atomic E-state index is -4.63. The molecule has 3 rings (SSSR count). The van der Waals surface area contributed by atoms with Crippen molar-refractivity contribution in [1.82, 2.24) is 15.1 Å². The summed E-state index contributed by atoms with van der Waals surface area (Å²) in [5.74, 6) is -1.72. The van der Waals surface area contributed by atoms with Crippen LogP contribution in [0.15, 0.2) is 34.7 Å². The number of nitrogens with zero attached hydrogens (tertiary/aromatic N) is 3. The number of likely N-dealkylation sites (tertiary alicyclic amines) is 1. The molecule has 2 heterocycles. The summed E-state index contributed by atoms with van der Waals surface area (Å²) in [6.45, 7) is 2.91. The van der Waals surface area contributed by atoms with E-state index >= 15 is 0 Å². The fourth-order valence-electron chi connectivity index (χ4n) is 3.32. The highest BCUT2D eigenvalue weighted by Gasteiger charge is 2.39. The van der Waals surface area contributed by atoms with Gasteiger partial charge in [0, 0.05) is 19.0 Å². The fourth-order valence-corrected chi connectivity index (χ4v) is 3.32. The number of carbonyl (C=O) groups is 1. The van der Waals surface area contributed by atoms with Gasteiger partial charge in [0.05, 0.1) is 5.92 Å². The van der Waals surface area contributed by atoms with Gasteiger partial charge in [0.2, 0.25) is 11.8 Å². The van der Waals surface area contributed by atoms with Crippen LogP contribution in [0.5, 0.6) is 0 Å². The van der Waals surface area contributed by atoms with E-state index in [-0.39, 0.29) is 23.6 Å². The first-order valence-electron chi connectivity index (χ1n) is 8.64. The van der Waals surface area contributed by atoms with Crippen molar-refractivity contribution in [1.29, 1.82) is 0 Å². The first-order chi connectivity index (χ1) is 12.4. The lowest BCUT2D eigenvalue weighted by Gasteiger charge is -2.33. The smallest absolute Gasteiger partial charge is 0.417 e. The molecule has 0 aliphatic carbocycles. The number of piperidine rings is 1. The fraction of sp³-hybridized carbons (Fsp3) is 0.500. The Hall–Kier alpha value is -2.38. The van der Waals surface area contributed by atoms with Gasteiger partial charge in [-0.1, -0.05) is 37.3 Å². The van der Waals surface area contributed by atoms with Crippen LogP contribution < -0.4 is 0 Å². The third-order valence-electron chi connectivity index (χ3n) is 4.75. The van der Waals surface area contributed by atoms with Crippen molar-refractivity contribution in [3.05, 3.63) is 47.7 Å². The van der Waals surface area contributed by atoms with Crippen LogP contribution in [0.2, 0.25) is 0 Å². The maximum atomic E-state index is 12.8.